The van der Waals surface area contributed by atoms with Crippen molar-refractivity contribution in [2.75, 3.05) is 32.5 Å². The Balaban J connectivity index is 2.14. The molecule has 0 saturated heterocycles. The molecule has 0 spiro atoms. The number of thiazole rings is 1. The Bertz CT molecular complexity index is 184. The molecule has 0 amide bonds. The lowest BCUT2D eigenvalue weighted by molar-refractivity contribution is 0.425. The van der Waals surface area contributed by atoms with Crippen LogP contribution in [0.15, 0.2) is 11.6 Å². The Hall–Kier alpha value is -0.610. The van der Waals surface area contributed by atoms with Crippen molar-refractivity contribution in [1.82, 2.24) is 9.88 Å². The zero-order valence-electron chi connectivity index (χ0n) is 6.87. The molecule has 0 radical (unpaired) electrons. The van der Waals surface area contributed by atoms with E-state index in [0.29, 0.717) is 0 Å². The van der Waals surface area contributed by atoms with Gasteiger partial charge < -0.3 is 10.2 Å². The lowest BCUT2D eigenvalue weighted by atomic mass is 10.6. The highest BCUT2D eigenvalue weighted by molar-refractivity contribution is 7.13. The summed E-state index contributed by atoms with van der Waals surface area (Å²) in [6, 6.07) is 0. The molecule has 0 fully saturated rings. The number of hydrogen-bond acceptors (Lipinski definition) is 4. The second kappa shape index (κ2) is 4.31. The van der Waals surface area contributed by atoms with Crippen molar-refractivity contribution in [3.8, 4) is 0 Å². The van der Waals surface area contributed by atoms with Crippen LogP contribution in [0.25, 0.3) is 0 Å². The van der Waals surface area contributed by atoms with Gasteiger partial charge in [0.05, 0.1) is 0 Å². The Morgan fingerprint density at radius 1 is 1.64 bits per heavy atom. The van der Waals surface area contributed by atoms with Gasteiger partial charge in [-0.2, -0.15) is 0 Å². The largest absolute Gasteiger partial charge is 0.360 e. The number of aromatic nitrogens is 1. The first-order valence-electron chi connectivity index (χ1n) is 3.57. The van der Waals surface area contributed by atoms with Crippen LogP contribution in [0, 0.1) is 0 Å². The van der Waals surface area contributed by atoms with E-state index in [9.17, 15) is 0 Å². The highest BCUT2D eigenvalue weighted by Gasteiger charge is 1.92. The monoisotopic (exact) mass is 171 g/mol. The summed E-state index contributed by atoms with van der Waals surface area (Å²) < 4.78 is 0. The van der Waals surface area contributed by atoms with Gasteiger partial charge in [-0.3, -0.25) is 0 Å². The number of anilines is 1. The second-order valence-electron chi connectivity index (χ2n) is 2.57. The summed E-state index contributed by atoms with van der Waals surface area (Å²) in [5, 5.41) is 6.20. The van der Waals surface area contributed by atoms with Crippen LogP contribution in [-0.4, -0.2) is 37.1 Å². The number of nitrogens with one attached hydrogen (secondary N) is 1. The average Bonchev–Trinajstić information content (AvgIpc) is 2.39. The van der Waals surface area contributed by atoms with Crippen molar-refractivity contribution >= 4 is 16.5 Å². The SMILES string of the molecule is CN(C)CCNc1nccs1. The van der Waals surface area contributed by atoms with Gasteiger partial charge in [-0.15, -0.1) is 11.3 Å². The van der Waals surface area contributed by atoms with E-state index >= 15 is 0 Å². The predicted molar refractivity (Wildman–Crippen MR) is 49.2 cm³/mol. The van der Waals surface area contributed by atoms with Crippen LogP contribution in [-0.2, 0) is 0 Å². The van der Waals surface area contributed by atoms with E-state index in [4.69, 9.17) is 0 Å². The zero-order valence-corrected chi connectivity index (χ0v) is 7.69. The Labute approximate surface area is 71.1 Å². The van der Waals surface area contributed by atoms with Crippen molar-refractivity contribution in [3.05, 3.63) is 11.6 Å². The van der Waals surface area contributed by atoms with Gasteiger partial charge in [0.15, 0.2) is 5.13 Å². The summed E-state index contributed by atoms with van der Waals surface area (Å²) in [5.74, 6) is 0. The molecule has 4 heteroatoms. The Morgan fingerprint density at radius 2 is 2.45 bits per heavy atom. The van der Waals surface area contributed by atoms with Gasteiger partial charge in [-0.1, -0.05) is 0 Å². The van der Waals surface area contributed by atoms with Gasteiger partial charge in [-0.25, -0.2) is 4.98 Å². The van der Waals surface area contributed by atoms with Crippen LogP contribution in [0.5, 0.6) is 0 Å². The highest BCUT2D eigenvalue weighted by atomic mass is 32.1. The van der Waals surface area contributed by atoms with Gasteiger partial charge >= 0.3 is 0 Å². The fourth-order valence-electron chi connectivity index (χ4n) is 0.697. The number of hydrogen-bond donors (Lipinski definition) is 1. The molecule has 0 bridgehead atoms. The minimum Gasteiger partial charge on any atom is -0.360 e. The number of rotatable bonds is 4. The summed E-state index contributed by atoms with van der Waals surface area (Å²) in [7, 11) is 4.12. The van der Waals surface area contributed by atoms with Crippen molar-refractivity contribution in [2.24, 2.45) is 0 Å². The molecule has 0 aromatic carbocycles. The molecule has 0 aliphatic carbocycles. The van der Waals surface area contributed by atoms with E-state index < -0.39 is 0 Å². The summed E-state index contributed by atoms with van der Waals surface area (Å²) in [6.07, 6.45) is 1.81. The average molecular weight is 171 g/mol. The maximum Gasteiger partial charge on any atom is 0.182 e. The third-order valence-corrected chi connectivity index (χ3v) is 2.00. The van der Waals surface area contributed by atoms with E-state index in [-0.39, 0.29) is 0 Å². The minimum atomic E-state index is 0.959. The second-order valence-corrected chi connectivity index (χ2v) is 3.46. The third kappa shape index (κ3) is 3.34. The summed E-state index contributed by atoms with van der Waals surface area (Å²) in [4.78, 5) is 6.24. The molecule has 0 atom stereocenters. The molecule has 1 rings (SSSR count). The van der Waals surface area contributed by atoms with Gasteiger partial charge in [0, 0.05) is 24.7 Å². The van der Waals surface area contributed by atoms with Gasteiger partial charge in [0.1, 0.15) is 0 Å². The van der Waals surface area contributed by atoms with Gasteiger partial charge in [0.2, 0.25) is 0 Å². The maximum absolute atomic E-state index is 4.10. The fraction of sp³-hybridized carbons (Fsp3) is 0.571. The van der Waals surface area contributed by atoms with Gasteiger partial charge in [0.25, 0.3) is 0 Å². The van der Waals surface area contributed by atoms with E-state index in [1.54, 1.807) is 11.3 Å². The van der Waals surface area contributed by atoms with Crippen LogP contribution in [0.2, 0.25) is 0 Å². The van der Waals surface area contributed by atoms with Crippen LogP contribution in [0.4, 0.5) is 5.13 Å². The van der Waals surface area contributed by atoms with E-state index in [0.717, 1.165) is 18.2 Å². The van der Waals surface area contributed by atoms with Crippen LogP contribution in [0.3, 0.4) is 0 Å². The molecule has 62 valence electrons. The van der Waals surface area contributed by atoms with Crippen molar-refractivity contribution in [1.29, 1.82) is 0 Å². The molecule has 11 heavy (non-hydrogen) atoms. The first-order valence-corrected chi connectivity index (χ1v) is 4.45. The molecule has 3 nitrogen and oxygen atoms in total. The molecule has 1 N–H and O–H groups in total. The normalized spacial score (nSPS) is 10.5. The standard InChI is InChI=1S/C7H13N3S/c1-10(2)5-3-8-7-9-4-6-11-7/h4,6H,3,5H2,1-2H3,(H,8,9). The van der Waals surface area contributed by atoms with E-state index in [1.165, 1.54) is 0 Å². The molecule has 0 unspecified atom stereocenters. The molecule has 0 aliphatic heterocycles. The fourth-order valence-corrected chi connectivity index (χ4v) is 1.25. The molecule has 0 saturated carbocycles. The lowest BCUT2D eigenvalue weighted by Gasteiger charge is -2.08. The lowest BCUT2D eigenvalue weighted by Crippen LogP contribution is -2.20. The first-order chi connectivity index (χ1) is 5.29. The molecule has 0 aliphatic rings. The first kappa shape index (κ1) is 8.49. The molecular weight excluding hydrogens is 158 g/mol. The Morgan fingerprint density at radius 3 is 3.00 bits per heavy atom. The minimum absolute atomic E-state index is 0.959. The Kier molecular flexibility index (Phi) is 3.32. The summed E-state index contributed by atoms with van der Waals surface area (Å²) in [5.41, 5.74) is 0. The van der Waals surface area contributed by atoms with Crippen LogP contribution in [0.1, 0.15) is 0 Å². The molecule has 1 aromatic rings. The van der Waals surface area contributed by atoms with E-state index in [1.807, 2.05) is 11.6 Å². The number of nitrogens with zero attached hydrogens (tertiary/aromatic N) is 2. The maximum atomic E-state index is 4.10. The zero-order chi connectivity index (χ0) is 8.10. The molecule has 1 heterocycles. The van der Waals surface area contributed by atoms with Crippen LogP contribution < -0.4 is 5.32 Å². The number of likely N-dealkylation sites (N-methyl/N-ethyl adjacent to an activating group) is 1. The van der Waals surface area contributed by atoms with Gasteiger partial charge in [-0.05, 0) is 14.1 Å². The quantitative estimate of drug-likeness (QED) is 0.735. The molecule has 1 aromatic heterocycles. The predicted octanol–water partition coefficient (Wildman–Crippen LogP) is 1.12. The van der Waals surface area contributed by atoms with Crippen molar-refractivity contribution in [3.63, 3.8) is 0 Å². The smallest absolute Gasteiger partial charge is 0.182 e. The van der Waals surface area contributed by atoms with Crippen molar-refractivity contribution < 1.29 is 0 Å². The van der Waals surface area contributed by atoms with Crippen LogP contribution >= 0.6 is 11.3 Å². The molecular formula is C7H13N3S. The third-order valence-electron chi connectivity index (χ3n) is 1.27. The highest BCUT2D eigenvalue weighted by Crippen LogP contribution is 2.08. The van der Waals surface area contributed by atoms with E-state index in [2.05, 4.69) is 29.3 Å². The summed E-state index contributed by atoms with van der Waals surface area (Å²) in [6.45, 7) is 2.00. The van der Waals surface area contributed by atoms with Crippen molar-refractivity contribution in [2.45, 2.75) is 0 Å². The topological polar surface area (TPSA) is 28.2 Å². The summed E-state index contributed by atoms with van der Waals surface area (Å²) >= 11 is 1.63.